The van der Waals surface area contributed by atoms with Gasteiger partial charge in [0.25, 0.3) is 10.2 Å². The summed E-state index contributed by atoms with van der Waals surface area (Å²) >= 11 is 0. The molecule has 1 unspecified atom stereocenters. The fraction of sp³-hybridized carbons (Fsp3) is 1.00. The fourth-order valence-corrected chi connectivity index (χ4v) is 2.53. The Labute approximate surface area is 99.8 Å². The van der Waals surface area contributed by atoms with Crippen LogP contribution in [0.4, 0.5) is 0 Å². The molecule has 5 nitrogen and oxygen atoms in total. The molecule has 0 rings (SSSR count). The molecule has 0 aromatic carbocycles. The van der Waals surface area contributed by atoms with E-state index in [0.29, 0.717) is 13.1 Å². The molecule has 1 atom stereocenters. The fourth-order valence-electron chi connectivity index (χ4n) is 1.49. The largest absolute Gasteiger partial charge is 0.300 e. The Hall–Kier alpha value is -0.170. The van der Waals surface area contributed by atoms with E-state index >= 15 is 0 Å². The first-order valence-electron chi connectivity index (χ1n) is 5.95. The molecule has 0 aromatic rings. The van der Waals surface area contributed by atoms with Gasteiger partial charge in [0, 0.05) is 19.1 Å². The summed E-state index contributed by atoms with van der Waals surface area (Å²) in [6, 6.07) is 0.216. The molecule has 0 fully saturated rings. The lowest BCUT2D eigenvalue weighted by atomic mass is 10.3. The molecule has 0 aliphatic heterocycles. The van der Waals surface area contributed by atoms with Crippen LogP contribution in [-0.2, 0) is 10.2 Å². The maximum Gasteiger partial charge on any atom is 0.276 e. The van der Waals surface area contributed by atoms with E-state index in [9.17, 15) is 8.42 Å². The minimum absolute atomic E-state index is 0.216. The second kappa shape index (κ2) is 8.00. The molecule has 2 N–H and O–H groups in total. The van der Waals surface area contributed by atoms with E-state index in [1.807, 2.05) is 13.8 Å². The van der Waals surface area contributed by atoms with Crippen molar-refractivity contribution >= 4 is 10.2 Å². The van der Waals surface area contributed by atoms with Gasteiger partial charge in [-0.2, -0.15) is 8.42 Å². The maximum atomic E-state index is 11.5. The van der Waals surface area contributed by atoms with E-state index in [0.717, 1.165) is 19.5 Å². The van der Waals surface area contributed by atoms with Crippen molar-refractivity contribution in [3.63, 3.8) is 0 Å². The first kappa shape index (κ1) is 15.8. The molecule has 0 aliphatic rings. The van der Waals surface area contributed by atoms with Crippen LogP contribution in [0.5, 0.6) is 0 Å². The van der Waals surface area contributed by atoms with Gasteiger partial charge in [-0.1, -0.05) is 20.8 Å². The third-order valence-corrected chi connectivity index (χ3v) is 3.68. The van der Waals surface area contributed by atoms with Gasteiger partial charge in [0.05, 0.1) is 0 Å². The Morgan fingerprint density at radius 3 is 2.12 bits per heavy atom. The average molecular weight is 251 g/mol. The van der Waals surface area contributed by atoms with Gasteiger partial charge >= 0.3 is 0 Å². The van der Waals surface area contributed by atoms with Crippen LogP contribution < -0.4 is 9.44 Å². The quantitative estimate of drug-likeness (QED) is 0.629. The molecule has 0 amide bonds. The van der Waals surface area contributed by atoms with Crippen LogP contribution in [0.25, 0.3) is 0 Å². The van der Waals surface area contributed by atoms with E-state index in [1.54, 1.807) is 0 Å². The number of likely N-dealkylation sites (N-methyl/N-ethyl adjacent to an activating group) is 1. The van der Waals surface area contributed by atoms with Crippen molar-refractivity contribution in [1.82, 2.24) is 14.3 Å². The Bertz CT molecular complexity index is 263. The van der Waals surface area contributed by atoms with Crippen molar-refractivity contribution in [2.45, 2.75) is 40.2 Å². The molecule has 0 saturated carbocycles. The summed E-state index contributed by atoms with van der Waals surface area (Å²) in [6.07, 6.45) is 0.798. The van der Waals surface area contributed by atoms with E-state index < -0.39 is 10.2 Å². The van der Waals surface area contributed by atoms with Crippen molar-refractivity contribution in [2.75, 3.05) is 26.2 Å². The number of nitrogens with one attached hydrogen (secondary N) is 2. The normalized spacial score (nSPS) is 14.3. The number of nitrogens with zero attached hydrogens (tertiary/aromatic N) is 1. The smallest absolute Gasteiger partial charge is 0.276 e. The first-order valence-corrected chi connectivity index (χ1v) is 7.43. The number of hydrogen-bond donors (Lipinski definition) is 2. The summed E-state index contributed by atoms with van der Waals surface area (Å²) < 4.78 is 27.9. The van der Waals surface area contributed by atoms with Gasteiger partial charge in [-0.25, -0.2) is 9.44 Å². The summed E-state index contributed by atoms with van der Waals surface area (Å²) in [6.45, 7) is 10.9. The highest BCUT2D eigenvalue weighted by Crippen LogP contribution is 1.96. The van der Waals surface area contributed by atoms with Gasteiger partial charge in [0.2, 0.25) is 0 Å². The minimum Gasteiger partial charge on any atom is -0.300 e. The maximum absolute atomic E-state index is 11.5. The average Bonchev–Trinajstić information content (AvgIpc) is 2.25. The summed E-state index contributed by atoms with van der Waals surface area (Å²) in [5, 5.41) is 0. The van der Waals surface area contributed by atoms with Crippen LogP contribution in [0.2, 0.25) is 0 Å². The van der Waals surface area contributed by atoms with Gasteiger partial charge < -0.3 is 0 Å². The molecule has 16 heavy (non-hydrogen) atoms. The highest BCUT2D eigenvalue weighted by Gasteiger charge is 2.14. The molecular weight excluding hydrogens is 226 g/mol. The zero-order chi connectivity index (χ0) is 12.6. The lowest BCUT2D eigenvalue weighted by Gasteiger charge is -2.26. The second-order valence-electron chi connectivity index (χ2n) is 3.82. The van der Waals surface area contributed by atoms with Crippen LogP contribution in [0.3, 0.4) is 0 Å². The summed E-state index contributed by atoms with van der Waals surface area (Å²) in [5.74, 6) is 0. The monoisotopic (exact) mass is 251 g/mol. The predicted molar refractivity (Wildman–Crippen MR) is 67.6 cm³/mol. The Balaban J connectivity index is 4.03. The first-order chi connectivity index (χ1) is 7.46. The summed E-state index contributed by atoms with van der Waals surface area (Å²) in [5.41, 5.74) is 0. The molecule has 0 spiro atoms. The Morgan fingerprint density at radius 1 is 1.12 bits per heavy atom. The number of rotatable bonds is 9. The van der Waals surface area contributed by atoms with E-state index in [1.165, 1.54) is 0 Å². The molecule has 98 valence electrons. The van der Waals surface area contributed by atoms with Gasteiger partial charge in [-0.05, 0) is 26.4 Å². The van der Waals surface area contributed by atoms with Crippen molar-refractivity contribution in [2.24, 2.45) is 0 Å². The molecule has 6 heteroatoms. The molecule has 0 aliphatic carbocycles. The number of hydrogen-bond acceptors (Lipinski definition) is 3. The molecule has 0 saturated heterocycles. The minimum atomic E-state index is -3.32. The van der Waals surface area contributed by atoms with Gasteiger partial charge in [-0.15, -0.1) is 0 Å². The molecule has 0 radical (unpaired) electrons. The zero-order valence-corrected chi connectivity index (χ0v) is 11.6. The van der Waals surface area contributed by atoms with Crippen LogP contribution in [0.1, 0.15) is 34.1 Å². The lowest BCUT2D eigenvalue weighted by molar-refractivity contribution is 0.232. The van der Waals surface area contributed by atoms with Gasteiger partial charge in [0.1, 0.15) is 0 Å². The SMILES string of the molecule is CCCNS(=O)(=O)NCC(C)N(CC)CC. The van der Waals surface area contributed by atoms with Crippen molar-refractivity contribution in [3.05, 3.63) is 0 Å². The van der Waals surface area contributed by atoms with Crippen molar-refractivity contribution in [3.8, 4) is 0 Å². The van der Waals surface area contributed by atoms with Crippen LogP contribution in [0.15, 0.2) is 0 Å². The van der Waals surface area contributed by atoms with Crippen molar-refractivity contribution in [1.29, 1.82) is 0 Å². The van der Waals surface area contributed by atoms with Gasteiger partial charge in [-0.3, -0.25) is 4.90 Å². The predicted octanol–water partition coefficient (Wildman–Crippen LogP) is 0.551. The third-order valence-electron chi connectivity index (χ3n) is 2.55. The zero-order valence-electron chi connectivity index (χ0n) is 10.8. The third kappa shape index (κ3) is 6.42. The van der Waals surface area contributed by atoms with Gasteiger partial charge in [0.15, 0.2) is 0 Å². The molecular formula is C10H25N3O2S. The standard InChI is InChI=1S/C10H25N3O2S/c1-5-8-11-16(14,15)12-9-10(4)13(6-2)7-3/h10-12H,5-9H2,1-4H3. The molecule has 0 bridgehead atoms. The molecule has 0 heterocycles. The highest BCUT2D eigenvalue weighted by atomic mass is 32.2. The Morgan fingerprint density at radius 2 is 1.69 bits per heavy atom. The topological polar surface area (TPSA) is 61.4 Å². The van der Waals surface area contributed by atoms with Crippen LogP contribution in [-0.4, -0.2) is 45.5 Å². The van der Waals surface area contributed by atoms with Crippen molar-refractivity contribution < 1.29 is 8.42 Å². The second-order valence-corrected chi connectivity index (χ2v) is 5.40. The summed E-state index contributed by atoms with van der Waals surface area (Å²) in [4.78, 5) is 2.21. The van der Waals surface area contributed by atoms with Crippen LogP contribution >= 0.6 is 0 Å². The Kier molecular flexibility index (Phi) is 7.91. The summed E-state index contributed by atoms with van der Waals surface area (Å²) in [7, 11) is -3.32. The lowest BCUT2D eigenvalue weighted by Crippen LogP contribution is -2.45. The van der Waals surface area contributed by atoms with Crippen LogP contribution in [0, 0.1) is 0 Å². The highest BCUT2D eigenvalue weighted by molar-refractivity contribution is 7.87. The molecule has 0 aromatic heterocycles. The van der Waals surface area contributed by atoms with E-state index in [2.05, 4.69) is 28.2 Å². The van der Waals surface area contributed by atoms with E-state index in [4.69, 9.17) is 0 Å². The van der Waals surface area contributed by atoms with E-state index in [-0.39, 0.29) is 6.04 Å².